The van der Waals surface area contributed by atoms with Crippen LogP contribution in [0.3, 0.4) is 0 Å². The first-order valence-electron chi connectivity index (χ1n) is 43.3. The molecule has 562 valence electrons. The summed E-state index contributed by atoms with van der Waals surface area (Å²) in [6, 6.07) is 8.73. The first-order chi connectivity index (χ1) is 47.1. The SMILES string of the molecule is CCCCCCCCCCCCCCCCCCCCCCCCC#CC1=C(c2cc(C)c(C)c(C)c2)[N+](=[N-])C(c2cc(C)c(C)c(C)c2)=C1.[CH2-]CCCCCCCCCCCCCCCCCCCCCC.[CH2-]CCCCCCCCCCCCCCCCCCCCCC.[Ni+2]. The van der Waals surface area contributed by atoms with E-state index in [0.29, 0.717) is 0 Å². The number of unbranched alkanes of at least 4 members (excludes halogenated alkanes) is 62. The summed E-state index contributed by atoms with van der Waals surface area (Å²) in [7, 11) is 0. The van der Waals surface area contributed by atoms with Crippen molar-refractivity contribution in [1.82, 2.24) is 0 Å². The molecule has 3 rings (SSSR count). The largest absolute Gasteiger partial charge is 2.00 e. The number of rotatable bonds is 64. The number of hydrogen-bond donors (Lipinski definition) is 0. The Hall–Kier alpha value is -2.43. The van der Waals surface area contributed by atoms with Crippen LogP contribution in [-0.2, 0) is 16.5 Å². The van der Waals surface area contributed by atoms with Gasteiger partial charge in [0.1, 0.15) is 5.57 Å². The molecule has 1 heterocycles. The van der Waals surface area contributed by atoms with Crippen molar-refractivity contribution in [3.8, 4) is 11.8 Å². The molecule has 0 bridgehead atoms. The van der Waals surface area contributed by atoms with Crippen LogP contribution >= 0.6 is 0 Å². The van der Waals surface area contributed by atoms with Crippen LogP contribution in [0.25, 0.3) is 16.9 Å². The Bertz CT molecular complexity index is 2070. The molecule has 0 aromatic heterocycles. The van der Waals surface area contributed by atoms with Gasteiger partial charge in [-0.2, -0.15) is 12.8 Å². The van der Waals surface area contributed by atoms with E-state index in [2.05, 4.69) is 118 Å². The Morgan fingerprint density at radius 3 is 0.701 bits per heavy atom. The van der Waals surface area contributed by atoms with E-state index in [1.165, 1.54) is 430 Å². The molecule has 2 aromatic carbocycles. The molecule has 0 spiro atoms. The number of allylic oxidation sites excluding steroid dienone is 2. The second-order valence-electron chi connectivity index (χ2n) is 30.7. The minimum absolute atomic E-state index is 0. The molecular formula is C94H166N2Ni. The van der Waals surface area contributed by atoms with Crippen LogP contribution in [0.5, 0.6) is 0 Å². The van der Waals surface area contributed by atoms with Gasteiger partial charge in [0.25, 0.3) is 0 Å². The van der Waals surface area contributed by atoms with Gasteiger partial charge in [-0.1, -0.05) is 424 Å². The van der Waals surface area contributed by atoms with Crippen LogP contribution in [0, 0.1) is 67.2 Å². The summed E-state index contributed by atoms with van der Waals surface area (Å²) in [6.45, 7) is 27.6. The third-order valence-electron chi connectivity index (χ3n) is 21.5. The third kappa shape index (κ3) is 54.9. The normalized spacial score (nSPS) is 11.9. The third-order valence-corrected chi connectivity index (χ3v) is 21.5. The van der Waals surface area contributed by atoms with Crippen LogP contribution in [0.15, 0.2) is 35.9 Å². The van der Waals surface area contributed by atoms with Crippen LogP contribution < -0.4 is 0 Å². The van der Waals surface area contributed by atoms with Crippen molar-refractivity contribution in [3.05, 3.63) is 99.8 Å². The predicted molar refractivity (Wildman–Crippen MR) is 435 cm³/mol. The van der Waals surface area contributed by atoms with Gasteiger partial charge in [0.15, 0.2) is 0 Å². The maximum absolute atomic E-state index is 11.6. The van der Waals surface area contributed by atoms with E-state index in [1.54, 1.807) is 0 Å². The molecular weight excluding hydrogens is 1220 g/mol. The Balaban J connectivity index is 0.00000163. The molecule has 0 atom stereocenters. The average molecular weight is 1380 g/mol. The van der Waals surface area contributed by atoms with Gasteiger partial charge in [-0.3, -0.25) is 0 Å². The van der Waals surface area contributed by atoms with Crippen LogP contribution in [0.2, 0.25) is 0 Å². The summed E-state index contributed by atoms with van der Waals surface area (Å²) >= 11 is 0. The predicted octanol–water partition coefficient (Wildman–Crippen LogP) is 33.4. The van der Waals surface area contributed by atoms with E-state index in [-0.39, 0.29) is 16.5 Å². The summed E-state index contributed by atoms with van der Waals surface area (Å²) in [5, 5.41) is 0. The van der Waals surface area contributed by atoms with Crippen molar-refractivity contribution in [2.24, 2.45) is 0 Å². The molecule has 0 saturated heterocycles. The average Bonchev–Trinajstić information content (AvgIpc) is 1.64. The van der Waals surface area contributed by atoms with E-state index < -0.39 is 0 Å². The van der Waals surface area contributed by atoms with Gasteiger partial charge in [-0.05, 0) is 106 Å². The zero-order chi connectivity index (χ0) is 69.8. The Morgan fingerprint density at radius 2 is 0.485 bits per heavy atom. The van der Waals surface area contributed by atoms with E-state index in [1.807, 2.05) is 0 Å². The van der Waals surface area contributed by atoms with Crippen molar-refractivity contribution in [2.75, 3.05) is 0 Å². The molecule has 2 aromatic rings. The fraction of sp³-hybridized carbons (Fsp3) is 0.787. The molecule has 0 N–H and O–H groups in total. The van der Waals surface area contributed by atoms with Crippen molar-refractivity contribution in [2.45, 2.75) is 480 Å². The molecule has 0 fully saturated rings. The van der Waals surface area contributed by atoms with Crippen LogP contribution in [-0.4, -0.2) is 4.70 Å². The molecule has 0 aliphatic carbocycles. The quantitative estimate of drug-likeness (QED) is 0.0207. The van der Waals surface area contributed by atoms with Gasteiger partial charge in [-0.15, -0.1) is 0 Å². The fourth-order valence-corrected chi connectivity index (χ4v) is 14.3. The molecule has 97 heavy (non-hydrogen) atoms. The molecule has 1 aliphatic rings. The first-order valence-corrected chi connectivity index (χ1v) is 43.3. The second kappa shape index (κ2) is 71.9. The summed E-state index contributed by atoms with van der Waals surface area (Å²) < 4.78 is 1.37. The number of nitrogens with zero attached hydrogens (tertiary/aromatic N) is 2. The minimum Gasteiger partial charge on any atom is -0.493 e. The van der Waals surface area contributed by atoms with Crippen molar-refractivity contribution in [3.63, 3.8) is 0 Å². The Morgan fingerprint density at radius 1 is 0.289 bits per heavy atom. The Labute approximate surface area is 620 Å². The first kappa shape index (κ1) is 94.6. The molecule has 1 aliphatic heterocycles. The molecule has 0 unspecified atom stereocenters. The minimum atomic E-state index is 0. The summed E-state index contributed by atoms with van der Waals surface area (Å²) in [5.74, 6) is 6.93. The number of aryl methyl sites for hydroxylation is 4. The summed E-state index contributed by atoms with van der Waals surface area (Å²) in [6.07, 6.45) is 94.5. The fourth-order valence-electron chi connectivity index (χ4n) is 14.3. The van der Waals surface area contributed by atoms with Gasteiger partial charge in [-0.25, -0.2) is 4.70 Å². The van der Waals surface area contributed by atoms with Crippen LogP contribution in [0.1, 0.15) is 483 Å². The molecule has 0 radical (unpaired) electrons. The number of hydrogen-bond acceptors (Lipinski definition) is 0. The van der Waals surface area contributed by atoms with Gasteiger partial charge in [0.05, 0.1) is 0 Å². The standard InChI is InChI=1S/C48H72N2.2C23H47.Ni/c1-8-9-10-11-12-13-14-15-16-17-18-19-20-21-22-23-24-25-26-27-28-29-30-31-32-44-37-47(45-33-38(2)42(6)39(3)34-45)50(49)48(44)46-35-40(4)43(7)41(5)36-46;2*1-3-5-7-9-11-13-15-17-19-21-23-22-20-18-16-14-12-10-8-6-4-2;/h33-37H,8-30H2,1-7H3;2*1,3-23H2,2H3;/q;2*-1;+2. The second-order valence-corrected chi connectivity index (χ2v) is 30.7. The zero-order valence-corrected chi connectivity index (χ0v) is 68.0. The Kier molecular flexibility index (Phi) is 70.1. The topological polar surface area (TPSA) is 25.3 Å². The smallest absolute Gasteiger partial charge is 0.493 e. The maximum atomic E-state index is 11.6. The van der Waals surface area contributed by atoms with Gasteiger partial charge in [0, 0.05) is 23.6 Å². The van der Waals surface area contributed by atoms with Gasteiger partial charge >= 0.3 is 16.5 Å². The number of benzene rings is 2. The van der Waals surface area contributed by atoms with Crippen molar-refractivity contribution in [1.29, 1.82) is 0 Å². The summed E-state index contributed by atoms with van der Waals surface area (Å²) in [4.78, 5) is 0. The molecule has 2 nitrogen and oxygen atoms in total. The summed E-state index contributed by atoms with van der Waals surface area (Å²) in [5.41, 5.74) is 23.7. The molecule has 0 amide bonds. The van der Waals surface area contributed by atoms with Crippen molar-refractivity contribution >= 4 is 11.4 Å². The van der Waals surface area contributed by atoms with E-state index in [0.717, 1.165) is 53.8 Å². The maximum Gasteiger partial charge on any atom is 2.00 e. The van der Waals surface area contributed by atoms with Crippen LogP contribution in [0.4, 0.5) is 0 Å². The monoisotopic (exact) mass is 1380 g/mol. The van der Waals surface area contributed by atoms with E-state index >= 15 is 0 Å². The van der Waals surface area contributed by atoms with Crippen molar-refractivity contribution < 1.29 is 21.2 Å². The van der Waals surface area contributed by atoms with E-state index in [9.17, 15) is 5.53 Å². The zero-order valence-electron chi connectivity index (χ0n) is 67.0. The van der Waals surface area contributed by atoms with E-state index in [4.69, 9.17) is 0 Å². The van der Waals surface area contributed by atoms with Gasteiger partial charge < -0.3 is 19.4 Å². The molecule has 0 saturated carbocycles. The molecule has 3 heteroatoms. The van der Waals surface area contributed by atoms with Gasteiger partial charge in [0.2, 0.25) is 11.4 Å².